The zero-order valence-electron chi connectivity index (χ0n) is 18.7. The number of hydrogen-bond donors (Lipinski definition) is 0. The van der Waals surface area contributed by atoms with E-state index in [2.05, 4.69) is 36.3 Å². The third-order valence-electron chi connectivity index (χ3n) is 6.26. The lowest BCUT2D eigenvalue weighted by atomic mass is 9.82. The standard InChI is InChI=1S/C26H25N3O3/c1-15-5-7-17(8-6-15)19-11-21-20(22(30)12-19)14-29-26(27-21)25(16(2)28-29)18-9-10-23(31-3)24(13-18)32-4/h5-10,13-14,19H,11-12H2,1-4H3. The number of ether oxygens (including phenoxy) is 2. The number of ketones is 1. The van der Waals surface area contributed by atoms with E-state index in [4.69, 9.17) is 14.5 Å². The van der Waals surface area contributed by atoms with Crippen molar-refractivity contribution >= 4 is 11.4 Å². The maximum Gasteiger partial charge on any atom is 0.166 e. The van der Waals surface area contributed by atoms with Crippen molar-refractivity contribution in [1.29, 1.82) is 0 Å². The molecule has 2 aromatic heterocycles. The Balaban J connectivity index is 1.61. The molecule has 32 heavy (non-hydrogen) atoms. The summed E-state index contributed by atoms with van der Waals surface area (Å²) in [6.45, 7) is 4.03. The summed E-state index contributed by atoms with van der Waals surface area (Å²) < 4.78 is 12.6. The molecule has 162 valence electrons. The highest BCUT2D eigenvalue weighted by Gasteiger charge is 2.29. The molecule has 0 amide bonds. The van der Waals surface area contributed by atoms with Gasteiger partial charge in [-0.1, -0.05) is 35.9 Å². The van der Waals surface area contributed by atoms with E-state index in [1.54, 1.807) is 18.7 Å². The first-order valence-electron chi connectivity index (χ1n) is 10.7. The Bertz CT molecular complexity index is 1340. The smallest absolute Gasteiger partial charge is 0.166 e. The van der Waals surface area contributed by atoms with E-state index in [0.29, 0.717) is 23.5 Å². The maximum atomic E-state index is 13.0. The summed E-state index contributed by atoms with van der Waals surface area (Å²) in [4.78, 5) is 17.9. The van der Waals surface area contributed by atoms with E-state index < -0.39 is 0 Å². The van der Waals surface area contributed by atoms with E-state index in [1.807, 2.05) is 31.3 Å². The van der Waals surface area contributed by atoms with Gasteiger partial charge in [-0.3, -0.25) is 4.79 Å². The molecule has 1 atom stereocenters. The van der Waals surface area contributed by atoms with Crippen molar-refractivity contribution in [3.8, 4) is 22.6 Å². The van der Waals surface area contributed by atoms with Crippen molar-refractivity contribution in [3.63, 3.8) is 0 Å². The Kier molecular flexibility index (Phi) is 4.93. The third kappa shape index (κ3) is 3.32. The van der Waals surface area contributed by atoms with Crippen LogP contribution in [-0.2, 0) is 6.42 Å². The molecule has 4 aromatic rings. The number of Topliss-reactive ketones (excluding diaryl/α,β-unsaturated/α-hetero) is 1. The Morgan fingerprint density at radius 2 is 1.72 bits per heavy atom. The lowest BCUT2D eigenvalue weighted by molar-refractivity contribution is 0.0962. The normalized spacial score (nSPS) is 15.6. The Morgan fingerprint density at radius 3 is 2.44 bits per heavy atom. The van der Waals surface area contributed by atoms with Crippen LogP contribution in [0, 0.1) is 13.8 Å². The number of nitrogens with zero attached hydrogens (tertiary/aromatic N) is 3. The number of carbonyl (C=O) groups is 1. The Morgan fingerprint density at radius 1 is 0.969 bits per heavy atom. The van der Waals surface area contributed by atoms with Gasteiger partial charge in [-0.2, -0.15) is 5.10 Å². The van der Waals surface area contributed by atoms with E-state index in [0.717, 1.165) is 34.6 Å². The highest BCUT2D eigenvalue weighted by atomic mass is 16.5. The number of rotatable bonds is 4. The minimum atomic E-state index is 0.118. The summed E-state index contributed by atoms with van der Waals surface area (Å²) in [5.41, 5.74) is 7.36. The number of aryl methyl sites for hydroxylation is 2. The van der Waals surface area contributed by atoms with Gasteiger partial charge < -0.3 is 9.47 Å². The molecule has 2 aromatic carbocycles. The fourth-order valence-corrected chi connectivity index (χ4v) is 4.55. The molecule has 1 aliphatic carbocycles. The predicted octanol–water partition coefficient (Wildman–Crippen LogP) is 4.94. The van der Waals surface area contributed by atoms with Gasteiger partial charge in [0.25, 0.3) is 0 Å². The van der Waals surface area contributed by atoms with Crippen LogP contribution in [0.4, 0.5) is 0 Å². The van der Waals surface area contributed by atoms with Crippen LogP contribution in [0.3, 0.4) is 0 Å². The van der Waals surface area contributed by atoms with Gasteiger partial charge in [-0.15, -0.1) is 0 Å². The average Bonchev–Trinajstić information content (AvgIpc) is 3.12. The molecule has 0 radical (unpaired) electrons. The lowest BCUT2D eigenvalue weighted by Crippen LogP contribution is -2.21. The first kappa shape index (κ1) is 20.2. The Hall–Kier alpha value is -3.67. The molecule has 1 unspecified atom stereocenters. The van der Waals surface area contributed by atoms with Crippen LogP contribution in [0.15, 0.2) is 48.7 Å². The van der Waals surface area contributed by atoms with Gasteiger partial charge in [0.2, 0.25) is 0 Å². The minimum absolute atomic E-state index is 0.118. The van der Waals surface area contributed by atoms with Crippen molar-refractivity contribution < 1.29 is 14.3 Å². The quantitative estimate of drug-likeness (QED) is 0.461. The summed E-state index contributed by atoms with van der Waals surface area (Å²) in [6, 6.07) is 14.2. The average molecular weight is 428 g/mol. The van der Waals surface area contributed by atoms with Crippen molar-refractivity contribution in [2.24, 2.45) is 0 Å². The first-order valence-corrected chi connectivity index (χ1v) is 10.7. The van der Waals surface area contributed by atoms with E-state index in [1.165, 1.54) is 11.1 Å². The second-order valence-electron chi connectivity index (χ2n) is 8.34. The molecule has 6 heteroatoms. The van der Waals surface area contributed by atoms with Gasteiger partial charge in [-0.05, 0) is 49.4 Å². The monoisotopic (exact) mass is 427 g/mol. The maximum absolute atomic E-state index is 13.0. The van der Waals surface area contributed by atoms with Crippen LogP contribution in [-0.4, -0.2) is 34.6 Å². The lowest BCUT2D eigenvalue weighted by Gasteiger charge is -2.23. The molecule has 0 spiro atoms. The predicted molar refractivity (Wildman–Crippen MR) is 123 cm³/mol. The summed E-state index contributed by atoms with van der Waals surface area (Å²) in [5, 5.41) is 4.65. The number of hydrogen-bond acceptors (Lipinski definition) is 5. The molecule has 0 N–H and O–H groups in total. The first-order chi connectivity index (χ1) is 15.5. The topological polar surface area (TPSA) is 65.7 Å². The minimum Gasteiger partial charge on any atom is -0.493 e. The SMILES string of the molecule is COc1ccc(-c2c(C)nn3cc4c(nc23)CC(c2ccc(C)cc2)CC4=O)cc1OC. The number of methoxy groups -OCH3 is 2. The summed E-state index contributed by atoms with van der Waals surface area (Å²) in [5.74, 6) is 1.57. The van der Waals surface area contributed by atoms with E-state index in [-0.39, 0.29) is 11.7 Å². The zero-order chi connectivity index (χ0) is 22.4. The van der Waals surface area contributed by atoms with Crippen LogP contribution >= 0.6 is 0 Å². The largest absolute Gasteiger partial charge is 0.493 e. The molecule has 1 aliphatic rings. The highest BCUT2D eigenvalue weighted by molar-refractivity contribution is 5.99. The second-order valence-corrected chi connectivity index (χ2v) is 8.34. The molecule has 6 nitrogen and oxygen atoms in total. The van der Waals surface area contributed by atoms with Crippen LogP contribution < -0.4 is 9.47 Å². The highest BCUT2D eigenvalue weighted by Crippen LogP contribution is 2.37. The van der Waals surface area contributed by atoms with Crippen molar-refractivity contribution in [3.05, 3.63) is 76.7 Å². The van der Waals surface area contributed by atoms with Crippen LogP contribution in [0.2, 0.25) is 0 Å². The second kappa shape index (κ2) is 7.79. The zero-order valence-corrected chi connectivity index (χ0v) is 18.7. The third-order valence-corrected chi connectivity index (χ3v) is 6.26. The molecular formula is C26H25N3O3. The molecule has 0 aliphatic heterocycles. The fourth-order valence-electron chi connectivity index (χ4n) is 4.55. The van der Waals surface area contributed by atoms with Crippen LogP contribution in [0.5, 0.6) is 11.5 Å². The molecule has 0 saturated carbocycles. The summed E-state index contributed by atoms with van der Waals surface area (Å²) in [7, 11) is 3.24. The van der Waals surface area contributed by atoms with Gasteiger partial charge in [0.05, 0.1) is 31.2 Å². The van der Waals surface area contributed by atoms with Crippen LogP contribution in [0.1, 0.15) is 45.2 Å². The number of carbonyl (C=O) groups excluding carboxylic acids is 1. The molecule has 0 bridgehead atoms. The molecule has 0 fully saturated rings. The van der Waals surface area contributed by atoms with Crippen LogP contribution in [0.25, 0.3) is 16.8 Å². The Labute approximate surface area is 186 Å². The molecule has 5 rings (SSSR count). The summed E-state index contributed by atoms with van der Waals surface area (Å²) in [6.07, 6.45) is 3.06. The number of aromatic nitrogens is 3. The van der Waals surface area contributed by atoms with Gasteiger partial charge in [-0.25, -0.2) is 9.50 Å². The van der Waals surface area contributed by atoms with Gasteiger partial charge in [0, 0.05) is 18.2 Å². The van der Waals surface area contributed by atoms with E-state index in [9.17, 15) is 4.79 Å². The number of benzene rings is 2. The summed E-state index contributed by atoms with van der Waals surface area (Å²) >= 11 is 0. The molecule has 2 heterocycles. The number of fused-ring (bicyclic) bond motifs is 2. The van der Waals surface area contributed by atoms with Gasteiger partial charge in [0.15, 0.2) is 22.9 Å². The van der Waals surface area contributed by atoms with Crippen molar-refractivity contribution in [2.45, 2.75) is 32.6 Å². The van der Waals surface area contributed by atoms with Crippen molar-refractivity contribution in [2.75, 3.05) is 14.2 Å². The molecule has 0 saturated heterocycles. The van der Waals surface area contributed by atoms with E-state index >= 15 is 0 Å². The van der Waals surface area contributed by atoms with Crippen molar-refractivity contribution in [1.82, 2.24) is 14.6 Å². The molecular weight excluding hydrogens is 402 g/mol. The fraction of sp³-hybridized carbons (Fsp3) is 0.269. The van der Waals surface area contributed by atoms with Gasteiger partial charge in [0.1, 0.15) is 0 Å². The van der Waals surface area contributed by atoms with Gasteiger partial charge >= 0.3 is 0 Å².